The molecule has 3 aromatic rings. The van der Waals surface area contributed by atoms with Gasteiger partial charge in [-0.05, 0) is 75.3 Å². The summed E-state index contributed by atoms with van der Waals surface area (Å²) in [4.78, 5) is 35.6. The molecule has 252 valence electrons. The van der Waals surface area contributed by atoms with E-state index in [2.05, 4.69) is 45.8 Å². The first-order valence-corrected chi connectivity index (χ1v) is 16.4. The minimum absolute atomic E-state index is 0. The highest BCUT2D eigenvalue weighted by Gasteiger charge is 2.23. The van der Waals surface area contributed by atoms with Crippen molar-refractivity contribution in [3.8, 4) is 17.1 Å². The lowest BCUT2D eigenvalue weighted by Gasteiger charge is -2.27. The predicted molar refractivity (Wildman–Crippen MR) is 178 cm³/mol. The summed E-state index contributed by atoms with van der Waals surface area (Å²) in [7, 11) is -4.34. The Labute approximate surface area is 277 Å². The monoisotopic (exact) mass is 677 g/mol. The number of sulfonamides is 1. The summed E-state index contributed by atoms with van der Waals surface area (Å²) in [6, 6.07) is 11.1. The summed E-state index contributed by atoms with van der Waals surface area (Å²) in [5.74, 6) is -1.64. The van der Waals surface area contributed by atoms with E-state index in [1.165, 1.54) is 18.2 Å². The fourth-order valence-electron chi connectivity index (χ4n) is 4.80. The van der Waals surface area contributed by atoms with Gasteiger partial charge in [-0.3, -0.25) is 4.79 Å². The number of rotatable bonds is 16. The molecule has 0 aliphatic heterocycles. The number of esters is 1. The summed E-state index contributed by atoms with van der Waals surface area (Å²) in [5.41, 5.74) is 2.70. The molecule has 46 heavy (non-hydrogen) atoms. The Morgan fingerprint density at radius 2 is 1.67 bits per heavy atom. The quantitative estimate of drug-likeness (QED) is 0.128. The van der Waals surface area contributed by atoms with Crippen molar-refractivity contribution in [1.29, 1.82) is 0 Å². The maximum atomic E-state index is 13.2. The molecule has 0 saturated carbocycles. The summed E-state index contributed by atoms with van der Waals surface area (Å²) in [6.07, 6.45) is 2.64. The molecule has 3 N–H and O–H groups in total. The predicted octanol–water partition coefficient (Wildman–Crippen LogP) is 5.58. The molecule has 1 aromatic carbocycles. The van der Waals surface area contributed by atoms with Crippen LogP contribution in [0.25, 0.3) is 11.3 Å². The number of carbonyl (C=O) groups is 2. The van der Waals surface area contributed by atoms with Crippen molar-refractivity contribution in [2.75, 3.05) is 24.5 Å². The molecule has 14 heteroatoms. The number of carbonyl (C=O) groups excluding carboxylic acids is 1. The third kappa shape index (κ3) is 11.8. The standard InChI is InChI=1S/C32H43N5O7S.ClH/c1-7-43-28(38)16-8-9-17-33-23(19-32(4,5)6)20-44-26-18-25(29-21(2)12-10-13-22(29)3)35-31(36-26)37-45(41,42)27-15-11-14-24(34-27)30(39)40;/h10-15,18,23,33H,7-9,16-17,19-20H2,1-6H3,(H,39,40)(H,35,36,37);1H/t23-;/m1./s1. The van der Waals surface area contributed by atoms with Gasteiger partial charge in [-0.2, -0.15) is 13.4 Å². The van der Waals surface area contributed by atoms with Gasteiger partial charge in [0, 0.05) is 24.1 Å². The number of unbranched alkanes of at least 4 members (excludes halogenated alkanes) is 1. The molecule has 0 fully saturated rings. The summed E-state index contributed by atoms with van der Waals surface area (Å²) < 4.78 is 40.0. The maximum absolute atomic E-state index is 13.2. The van der Waals surface area contributed by atoms with Crippen molar-refractivity contribution in [1.82, 2.24) is 20.3 Å². The van der Waals surface area contributed by atoms with Crippen LogP contribution in [0.4, 0.5) is 5.95 Å². The van der Waals surface area contributed by atoms with Crippen LogP contribution in [-0.4, -0.2) is 66.2 Å². The van der Waals surface area contributed by atoms with E-state index in [1.807, 2.05) is 32.0 Å². The third-order valence-electron chi connectivity index (χ3n) is 6.72. The van der Waals surface area contributed by atoms with Gasteiger partial charge in [-0.25, -0.2) is 19.5 Å². The first-order chi connectivity index (χ1) is 21.2. The number of aromatic nitrogens is 3. The maximum Gasteiger partial charge on any atom is 0.354 e. The van der Waals surface area contributed by atoms with Crippen molar-refractivity contribution in [3.05, 3.63) is 59.3 Å². The Bertz CT molecular complexity index is 1580. The van der Waals surface area contributed by atoms with Crippen molar-refractivity contribution < 1.29 is 32.6 Å². The van der Waals surface area contributed by atoms with Crippen molar-refractivity contribution in [3.63, 3.8) is 0 Å². The molecular formula is C32H44ClN5O7S. The number of anilines is 1. The number of nitrogens with one attached hydrogen (secondary N) is 2. The van der Waals surface area contributed by atoms with Crippen LogP contribution in [0.2, 0.25) is 0 Å². The lowest BCUT2D eigenvalue weighted by atomic mass is 9.88. The normalized spacial score (nSPS) is 12.1. The van der Waals surface area contributed by atoms with Gasteiger partial charge in [-0.1, -0.05) is 45.0 Å². The van der Waals surface area contributed by atoms with Crippen LogP contribution < -0.4 is 14.8 Å². The van der Waals surface area contributed by atoms with E-state index in [9.17, 15) is 23.1 Å². The molecule has 0 amide bonds. The van der Waals surface area contributed by atoms with Crippen LogP contribution in [0.15, 0.2) is 47.5 Å². The summed E-state index contributed by atoms with van der Waals surface area (Å²) in [5, 5.41) is 12.3. The van der Waals surface area contributed by atoms with Gasteiger partial charge >= 0.3 is 11.9 Å². The molecule has 0 unspecified atom stereocenters. The summed E-state index contributed by atoms with van der Waals surface area (Å²) in [6.45, 7) is 13.3. The smallest absolute Gasteiger partial charge is 0.354 e. The molecule has 1 atom stereocenters. The Morgan fingerprint density at radius 1 is 1.00 bits per heavy atom. The molecular weight excluding hydrogens is 634 g/mol. The van der Waals surface area contributed by atoms with Gasteiger partial charge in [0.2, 0.25) is 11.8 Å². The zero-order chi connectivity index (χ0) is 33.2. The lowest BCUT2D eigenvalue weighted by molar-refractivity contribution is -0.143. The molecule has 0 aliphatic rings. The molecule has 12 nitrogen and oxygen atoms in total. The van der Waals surface area contributed by atoms with E-state index >= 15 is 0 Å². The largest absolute Gasteiger partial charge is 0.477 e. The number of pyridine rings is 1. The second-order valence-electron chi connectivity index (χ2n) is 11.9. The highest BCUT2D eigenvalue weighted by atomic mass is 35.5. The topological polar surface area (TPSA) is 170 Å². The number of halogens is 1. The van der Waals surface area contributed by atoms with Crippen LogP contribution in [0, 0.1) is 19.3 Å². The minimum Gasteiger partial charge on any atom is -0.477 e. The average molecular weight is 678 g/mol. The number of aromatic carboxylic acids is 1. The number of ether oxygens (including phenoxy) is 2. The molecule has 0 saturated heterocycles. The van der Waals surface area contributed by atoms with E-state index < -0.39 is 26.7 Å². The van der Waals surface area contributed by atoms with Gasteiger partial charge in [0.15, 0.2) is 5.03 Å². The Balaban J connectivity index is 0.00000736. The first-order valence-electron chi connectivity index (χ1n) is 14.9. The molecule has 3 rings (SSSR count). The van der Waals surface area contributed by atoms with Gasteiger partial charge in [-0.15, -0.1) is 12.4 Å². The number of benzene rings is 1. The Morgan fingerprint density at radius 3 is 2.30 bits per heavy atom. The van der Waals surface area contributed by atoms with Crippen molar-refractivity contribution >= 4 is 40.3 Å². The fraction of sp³-hybridized carbons (Fsp3) is 0.469. The number of hydrogen-bond acceptors (Lipinski definition) is 10. The second kappa shape index (κ2) is 17.2. The Hall–Kier alpha value is -3.81. The van der Waals surface area contributed by atoms with Gasteiger partial charge in [0.25, 0.3) is 10.0 Å². The molecule has 0 radical (unpaired) electrons. The zero-order valence-electron chi connectivity index (χ0n) is 27.1. The molecule has 2 heterocycles. The van der Waals surface area contributed by atoms with Crippen LogP contribution in [0.5, 0.6) is 5.88 Å². The molecule has 0 bridgehead atoms. The summed E-state index contributed by atoms with van der Waals surface area (Å²) >= 11 is 0. The average Bonchev–Trinajstić information content (AvgIpc) is 2.94. The lowest BCUT2D eigenvalue weighted by Crippen LogP contribution is -2.38. The number of nitrogens with zero attached hydrogens (tertiary/aromatic N) is 3. The molecule has 0 aliphatic carbocycles. The van der Waals surface area contributed by atoms with Gasteiger partial charge < -0.3 is 19.9 Å². The Kier molecular flexibility index (Phi) is 14.4. The van der Waals surface area contributed by atoms with E-state index in [1.54, 1.807) is 13.0 Å². The number of carboxylic acid groups (broad SMARTS) is 1. The highest BCUT2D eigenvalue weighted by molar-refractivity contribution is 7.92. The van der Waals surface area contributed by atoms with Crippen LogP contribution >= 0.6 is 12.4 Å². The second-order valence-corrected chi connectivity index (χ2v) is 13.6. The number of aryl methyl sites for hydroxylation is 2. The van der Waals surface area contributed by atoms with E-state index in [0.29, 0.717) is 31.7 Å². The van der Waals surface area contributed by atoms with Gasteiger partial charge in [0.05, 0.1) is 12.3 Å². The van der Waals surface area contributed by atoms with Crippen molar-refractivity contribution in [2.45, 2.75) is 78.3 Å². The van der Waals surface area contributed by atoms with Crippen LogP contribution in [0.3, 0.4) is 0 Å². The third-order valence-corrected chi connectivity index (χ3v) is 7.95. The number of hydrogen-bond donors (Lipinski definition) is 3. The SMILES string of the molecule is CCOC(=O)CCCCN[C@@H](COc1cc(-c2c(C)cccc2C)nc(NS(=O)(=O)c2cccc(C(=O)O)n2)n1)CC(C)(C)C.Cl. The van der Waals surface area contributed by atoms with E-state index in [4.69, 9.17) is 9.47 Å². The fourth-order valence-corrected chi connectivity index (χ4v) is 5.71. The first kappa shape index (κ1) is 38.4. The molecule has 0 spiro atoms. The van der Waals surface area contributed by atoms with Crippen LogP contribution in [-0.2, 0) is 19.6 Å². The number of carboxylic acids is 1. The van der Waals surface area contributed by atoms with Crippen LogP contribution in [0.1, 0.15) is 75.0 Å². The van der Waals surface area contributed by atoms with Crippen molar-refractivity contribution in [2.24, 2.45) is 5.41 Å². The minimum atomic E-state index is -4.34. The highest BCUT2D eigenvalue weighted by Crippen LogP contribution is 2.30. The van der Waals surface area contributed by atoms with E-state index in [-0.39, 0.29) is 48.3 Å². The van der Waals surface area contributed by atoms with Gasteiger partial charge in [0.1, 0.15) is 12.3 Å². The molecule has 2 aromatic heterocycles. The zero-order valence-corrected chi connectivity index (χ0v) is 28.8. The van der Waals surface area contributed by atoms with E-state index in [0.717, 1.165) is 29.5 Å².